The summed E-state index contributed by atoms with van der Waals surface area (Å²) in [6.45, 7) is 1.36. The molecule has 1 atom stereocenters. The zero-order chi connectivity index (χ0) is 29.4. The standard InChI is InChI=1S/C26H31F3N6O3S2/c1-4-35-24(38)21(40-25(35)20(12-30)23(37)32-16-26(27,28)29)13-31-17-7-5-8-18(11-17)33(2)22(36)14-34-10-6-9-19(34)15-39-3/h5,7-8,11,13,19,31H,4,6,9-10,14-16H2,1-3H3,(H,32,37)/b21-13+,25-20-. The van der Waals surface area contributed by atoms with E-state index in [2.05, 4.69) is 16.5 Å². The predicted octanol–water partition coefficient (Wildman–Crippen LogP) is 1.92. The van der Waals surface area contributed by atoms with Gasteiger partial charge in [-0.1, -0.05) is 6.07 Å². The van der Waals surface area contributed by atoms with Gasteiger partial charge in [0.15, 0.2) is 5.57 Å². The SMILES string of the molecule is CCn1c(=O)/c(=C\Nc2cccc(N(C)C(=O)CN3CCCC3CSC)c2)s/c1=C(/C#N)C(=O)NCC(F)(F)F. The molecule has 1 saturated heterocycles. The average Bonchev–Trinajstić information content (AvgIpc) is 3.49. The van der Waals surface area contributed by atoms with E-state index in [1.807, 2.05) is 0 Å². The molecule has 2 amide bonds. The molecule has 2 heterocycles. The van der Waals surface area contributed by atoms with E-state index in [9.17, 15) is 32.8 Å². The second-order valence-electron chi connectivity index (χ2n) is 9.12. The highest BCUT2D eigenvalue weighted by Crippen LogP contribution is 2.22. The molecule has 0 bridgehead atoms. The van der Waals surface area contributed by atoms with Crippen molar-refractivity contribution in [3.63, 3.8) is 0 Å². The van der Waals surface area contributed by atoms with Crippen LogP contribution in [0.25, 0.3) is 11.8 Å². The predicted molar refractivity (Wildman–Crippen MR) is 153 cm³/mol. The van der Waals surface area contributed by atoms with Crippen molar-refractivity contribution < 1.29 is 22.8 Å². The molecule has 2 aromatic rings. The number of hydrogen-bond acceptors (Lipinski definition) is 8. The molecule has 0 aliphatic carbocycles. The van der Waals surface area contributed by atoms with Crippen LogP contribution in [0.3, 0.4) is 0 Å². The molecule has 3 rings (SSSR count). The third-order valence-corrected chi connectivity index (χ3v) is 8.25. The van der Waals surface area contributed by atoms with Gasteiger partial charge in [-0.25, -0.2) is 0 Å². The Labute approximate surface area is 237 Å². The van der Waals surface area contributed by atoms with Crippen molar-refractivity contribution in [3.8, 4) is 6.07 Å². The fourth-order valence-electron chi connectivity index (χ4n) is 4.32. The van der Waals surface area contributed by atoms with Crippen LogP contribution in [-0.4, -0.2) is 72.2 Å². The quantitative estimate of drug-likeness (QED) is 0.431. The van der Waals surface area contributed by atoms with Crippen LogP contribution >= 0.6 is 23.1 Å². The van der Waals surface area contributed by atoms with Gasteiger partial charge in [0, 0.05) is 43.0 Å². The summed E-state index contributed by atoms with van der Waals surface area (Å²) in [6.07, 6.45) is 0.988. The van der Waals surface area contributed by atoms with Crippen molar-refractivity contribution in [2.24, 2.45) is 0 Å². The van der Waals surface area contributed by atoms with E-state index in [0.29, 0.717) is 24.0 Å². The number of thioether (sulfide) groups is 1. The van der Waals surface area contributed by atoms with Crippen molar-refractivity contribution in [2.75, 3.05) is 48.9 Å². The summed E-state index contributed by atoms with van der Waals surface area (Å²) >= 11 is 2.59. The maximum Gasteiger partial charge on any atom is 0.405 e. The number of carbonyl (C=O) groups is 2. The Hall–Kier alpha value is -3.28. The average molecular weight is 597 g/mol. The maximum atomic E-state index is 13.0. The van der Waals surface area contributed by atoms with Crippen LogP contribution in [0.15, 0.2) is 29.1 Å². The summed E-state index contributed by atoms with van der Waals surface area (Å²) in [6, 6.07) is 9.08. The largest absolute Gasteiger partial charge is 0.405 e. The molecule has 1 fully saturated rings. The molecule has 0 spiro atoms. The number of alkyl halides is 3. The number of rotatable bonds is 10. The van der Waals surface area contributed by atoms with Gasteiger partial charge in [-0.3, -0.25) is 23.9 Å². The molecule has 216 valence electrons. The zero-order valence-electron chi connectivity index (χ0n) is 22.4. The van der Waals surface area contributed by atoms with Crippen LogP contribution < -0.4 is 30.3 Å². The van der Waals surface area contributed by atoms with Crippen molar-refractivity contribution >= 4 is 58.1 Å². The van der Waals surface area contributed by atoms with Crippen LogP contribution in [0.5, 0.6) is 0 Å². The number of carbonyl (C=O) groups excluding carboxylic acids is 2. The molecular weight excluding hydrogens is 565 g/mol. The molecule has 9 nitrogen and oxygen atoms in total. The normalized spacial score (nSPS) is 16.9. The highest BCUT2D eigenvalue weighted by atomic mass is 32.2. The lowest BCUT2D eigenvalue weighted by Crippen LogP contribution is -2.41. The Morgan fingerprint density at radius 3 is 2.75 bits per heavy atom. The van der Waals surface area contributed by atoms with E-state index in [1.54, 1.807) is 66.3 Å². The first-order valence-electron chi connectivity index (χ1n) is 12.5. The van der Waals surface area contributed by atoms with E-state index in [1.165, 1.54) is 6.20 Å². The molecule has 0 saturated carbocycles. The zero-order valence-corrected chi connectivity index (χ0v) is 24.0. The number of nitriles is 1. The number of hydrogen-bond donors (Lipinski definition) is 2. The summed E-state index contributed by atoms with van der Waals surface area (Å²) in [5.41, 5.74) is 0.166. The van der Waals surface area contributed by atoms with Crippen molar-refractivity contribution in [2.45, 2.75) is 38.5 Å². The smallest absolute Gasteiger partial charge is 0.360 e. The summed E-state index contributed by atoms with van der Waals surface area (Å²) in [5.74, 6) is -0.259. The molecule has 14 heteroatoms. The fourth-order valence-corrected chi connectivity index (χ4v) is 6.17. The van der Waals surface area contributed by atoms with Gasteiger partial charge >= 0.3 is 6.18 Å². The monoisotopic (exact) mass is 596 g/mol. The van der Waals surface area contributed by atoms with Gasteiger partial charge in [0.25, 0.3) is 11.5 Å². The number of halogens is 3. The van der Waals surface area contributed by atoms with Gasteiger partial charge in [-0.05, 0) is 50.8 Å². The van der Waals surface area contributed by atoms with Gasteiger partial charge in [-0.2, -0.15) is 30.2 Å². The van der Waals surface area contributed by atoms with Gasteiger partial charge in [0.05, 0.1) is 6.54 Å². The van der Waals surface area contributed by atoms with E-state index in [0.717, 1.165) is 41.0 Å². The number of aromatic nitrogens is 1. The number of likely N-dealkylation sites (tertiary alicyclic amines) is 1. The van der Waals surface area contributed by atoms with Gasteiger partial charge in [0.2, 0.25) is 5.91 Å². The molecule has 40 heavy (non-hydrogen) atoms. The second-order valence-corrected chi connectivity index (χ2v) is 11.1. The summed E-state index contributed by atoms with van der Waals surface area (Å²) < 4.78 is 38.8. The highest BCUT2D eigenvalue weighted by Gasteiger charge is 2.29. The number of nitrogens with zero attached hydrogens (tertiary/aromatic N) is 4. The number of anilines is 2. The van der Waals surface area contributed by atoms with Gasteiger partial charge in [0.1, 0.15) is 21.8 Å². The molecule has 1 aliphatic rings. The van der Waals surface area contributed by atoms with Crippen LogP contribution in [0.2, 0.25) is 0 Å². The van der Waals surface area contributed by atoms with E-state index >= 15 is 0 Å². The number of amides is 2. The first-order chi connectivity index (χ1) is 19.0. The Bertz CT molecular complexity index is 1450. The Balaban J connectivity index is 1.82. The first-order valence-corrected chi connectivity index (χ1v) is 14.7. The highest BCUT2D eigenvalue weighted by molar-refractivity contribution is 7.98. The summed E-state index contributed by atoms with van der Waals surface area (Å²) in [5, 5.41) is 14.1. The van der Waals surface area contributed by atoms with Crippen LogP contribution in [0, 0.1) is 11.3 Å². The Kier molecular flexibility index (Phi) is 10.8. The number of likely N-dealkylation sites (N-methyl/N-ethyl adjacent to an activating group) is 1. The number of nitrogens with one attached hydrogen (secondary N) is 2. The molecule has 0 radical (unpaired) electrons. The van der Waals surface area contributed by atoms with Crippen LogP contribution in [0.4, 0.5) is 24.5 Å². The first kappa shape index (κ1) is 31.3. The Morgan fingerprint density at radius 2 is 2.10 bits per heavy atom. The molecule has 1 aromatic carbocycles. The molecular formula is C26H31F3N6O3S2. The van der Waals surface area contributed by atoms with Gasteiger partial charge in [-0.15, -0.1) is 11.3 Å². The third-order valence-electron chi connectivity index (χ3n) is 6.40. The third kappa shape index (κ3) is 7.89. The maximum absolute atomic E-state index is 13.0. The molecule has 1 unspecified atom stereocenters. The minimum Gasteiger partial charge on any atom is -0.360 e. The minimum absolute atomic E-state index is 0.0359. The van der Waals surface area contributed by atoms with Gasteiger partial charge < -0.3 is 15.5 Å². The minimum atomic E-state index is -4.64. The van der Waals surface area contributed by atoms with Crippen LogP contribution in [-0.2, 0) is 16.1 Å². The lowest BCUT2D eigenvalue weighted by molar-refractivity contribution is -0.135. The van der Waals surface area contributed by atoms with Crippen molar-refractivity contribution in [3.05, 3.63) is 43.8 Å². The Morgan fingerprint density at radius 1 is 1.35 bits per heavy atom. The summed E-state index contributed by atoms with van der Waals surface area (Å²) in [7, 11) is 1.71. The lowest BCUT2D eigenvalue weighted by atomic mass is 10.2. The molecule has 2 N–H and O–H groups in total. The van der Waals surface area contributed by atoms with Crippen molar-refractivity contribution in [1.82, 2.24) is 14.8 Å². The molecule has 1 aromatic heterocycles. The van der Waals surface area contributed by atoms with E-state index in [4.69, 9.17) is 0 Å². The molecule has 1 aliphatic heterocycles. The summed E-state index contributed by atoms with van der Waals surface area (Å²) in [4.78, 5) is 42.0. The number of thiazole rings is 1. The second kappa shape index (κ2) is 13.9. The van der Waals surface area contributed by atoms with E-state index in [-0.39, 0.29) is 21.6 Å². The topological polar surface area (TPSA) is 110 Å². The fraction of sp³-hybridized carbons (Fsp3) is 0.462. The van der Waals surface area contributed by atoms with Crippen molar-refractivity contribution in [1.29, 1.82) is 5.26 Å². The number of benzene rings is 1. The van der Waals surface area contributed by atoms with E-state index < -0.39 is 29.8 Å². The van der Waals surface area contributed by atoms with Crippen LogP contribution in [0.1, 0.15) is 19.8 Å². The lowest BCUT2D eigenvalue weighted by Gasteiger charge is -2.26.